The lowest BCUT2D eigenvalue weighted by molar-refractivity contribution is -0.147. The van der Waals surface area contributed by atoms with Crippen LogP contribution >= 0.6 is 15.9 Å². The van der Waals surface area contributed by atoms with E-state index in [1.807, 2.05) is 0 Å². The van der Waals surface area contributed by atoms with Crippen LogP contribution in [0.25, 0.3) is 0 Å². The molecule has 1 N–H and O–H groups in total. The van der Waals surface area contributed by atoms with E-state index in [1.54, 1.807) is 12.1 Å². The van der Waals surface area contributed by atoms with Gasteiger partial charge in [0.15, 0.2) is 6.10 Å². The highest BCUT2D eigenvalue weighted by Crippen LogP contribution is 2.30. The molecule has 0 bridgehead atoms. The smallest absolute Gasteiger partial charge is 0.346 e. The molecule has 1 atom stereocenters. The number of carboxylic acid groups (broad SMARTS) is 1. The van der Waals surface area contributed by atoms with Crippen LogP contribution in [0, 0.1) is 0 Å². The second kappa shape index (κ2) is 5.67. The summed E-state index contributed by atoms with van der Waals surface area (Å²) in [5, 5.41) is 8.98. The van der Waals surface area contributed by atoms with Crippen LogP contribution in [0.5, 0.6) is 5.75 Å². The van der Waals surface area contributed by atoms with Gasteiger partial charge in [0.05, 0.1) is 11.6 Å². The van der Waals surface area contributed by atoms with Gasteiger partial charge in [0.25, 0.3) is 0 Å². The molecule has 1 aromatic carbocycles. The number of carbonyl (C=O) groups is 2. The third-order valence-electron chi connectivity index (χ3n) is 2.03. The van der Waals surface area contributed by atoms with Gasteiger partial charge in [-0.1, -0.05) is 6.07 Å². The second-order valence-corrected chi connectivity index (χ2v) is 4.06. The van der Waals surface area contributed by atoms with Crippen LogP contribution in [0.2, 0.25) is 0 Å². The minimum absolute atomic E-state index is 0.0184. The number of ether oxygens (including phenoxy) is 2. The fourth-order valence-corrected chi connectivity index (χ4v) is 1.65. The number of esters is 1. The first kappa shape index (κ1) is 13.5. The van der Waals surface area contributed by atoms with Crippen LogP contribution in [-0.2, 0) is 9.53 Å². The van der Waals surface area contributed by atoms with Crippen LogP contribution < -0.4 is 4.74 Å². The molecule has 0 heterocycles. The number of carbonyl (C=O) groups excluding carboxylic acids is 1. The Balaban J connectivity index is 3.05. The number of hydrogen-bond acceptors (Lipinski definition) is 4. The maximum Gasteiger partial charge on any atom is 0.346 e. The van der Waals surface area contributed by atoms with Crippen LogP contribution in [0.15, 0.2) is 22.7 Å². The highest BCUT2D eigenvalue weighted by molar-refractivity contribution is 9.10. The Labute approximate surface area is 106 Å². The molecule has 0 amide bonds. The number of hydrogen-bond donors (Lipinski definition) is 1. The van der Waals surface area contributed by atoms with Gasteiger partial charge in [-0.15, -0.1) is 0 Å². The molecular weight excluding hydrogens is 292 g/mol. The van der Waals surface area contributed by atoms with E-state index in [2.05, 4.69) is 20.7 Å². The van der Waals surface area contributed by atoms with Gasteiger partial charge in [0, 0.05) is 0 Å². The fourth-order valence-electron chi connectivity index (χ4n) is 1.19. The van der Waals surface area contributed by atoms with Gasteiger partial charge in [0.1, 0.15) is 11.3 Å². The van der Waals surface area contributed by atoms with Crippen molar-refractivity contribution in [2.24, 2.45) is 0 Å². The Kier molecular flexibility index (Phi) is 4.51. The van der Waals surface area contributed by atoms with Crippen molar-refractivity contribution in [3.8, 4) is 5.75 Å². The minimum Gasteiger partial charge on any atom is -0.478 e. The lowest BCUT2D eigenvalue weighted by Crippen LogP contribution is -2.25. The molecule has 17 heavy (non-hydrogen) atoms. The number of rotatable bonds is 4. The van der Waals surface area contributed by atoms with Gasteiger partial charge in [-0.25, -0.2) is 9.59 Å². The van der Waals surface area contributed by atoms with Crippen molar-refractivity contribution < 1.29 is 24.2 Å². The first-order valence-electron chi connectivity index (χ1n) is 4.73. The Morgan fingerprint density at radius 2 is 2.06 bits per heavy atom. The summed E-state index contributed by atoms with van der Waals surface area (Å²) < 4.78 is 10.3. The largest absolute Gasteiger partial charge is 0.478 e. The molecule has 0 saturated carbocycles. The predicted molar refractivity (Wildman–Crippen MR) is 63.2 cm³/mol. The summed E-state index contributed by atoms with van der Waals surface area (Å²) in [7, 11) is 1.24. The Bertz CT molecular complexity index is 443. The van der Waals surface area contributed by atoms with E-state index in [0.29, 0.717) is 4.47 Å². The van der Waals surface area contributed by atoms with Crippen molar-refractivity contribution in [3.63, 3.8) is 0 Å². The highest BCUT2D eigenvalue weighted by Gasteiger charge is 2.20. The minimum atomic E-state index is -1.13. The summed E-state index contributed by atoms with van der Waals surface area (Å²) in [6, 6.07) is 4.60. The molecule has 0 radical (unpaired) electrons. The third-order valence-corrected chi connectivity index (χ3v) is 2.65. The standard InChI is InChI=1S/C11H11BrO5/c1-6(11(15)16-2)17-9-7(10(13)14)4-3-5-8(9)12/h3-6H,1-2H3,(H,13,14). The average Bonchev–Trinajstić information content (AvgIpc) is 2.30. The quantitative estimate of drug-likeness (QED) is 0.862. The Morgan fingerprint density at radius 3 is 2.59 bits per heavy atom. The van der Waals surface area contributed by atoms with Gasteiger partial charge in [-0.2, -0.15) is 0 Å². The lowest BCUT2D eigenvalue weighted by Gasteiger charge is -2.15. The number of methoxy groups -OCH3 is 1. The molecule has 0 aromatic heterocycles. The van der Waals surface area contributed by atoms with E-state index in [-0.39, 0.29) is 11.3 Å². The molecule has 0 spiro atoms. The van der Waals surface area contributed by atoms with Crippen LogP contribution in [0.3, 0.4) is 0 Å². The number of halogens is 1. The van der Waals surface area contributed by atoms with Gasteiger partial charge in [-0.05, 0) is 35.0 Å². The third kappa shape index (κ3) is 3.20. The van der Waals surface area contributed by atoms with Crippen LogP contribution in [0.4, 0.5) is 0 Å². The zero-order chi connectivity index (χ0) is 13.0. The van der Waals surface area contributed by atoms with E-state index in [9.17, 15) is 9.59 Å². The Morgan fingerprint density at radius 1 is 1.41 bits per heavy atom. The highest BCUT2D eigenvalue weighted by atomic mass is 79.9. The van der Waals surface area contributed by atoms with Crippen molar-refractivity contribution in [2.45, 2.75) is 13.0 Å². The molecule has 0 fully saturated rings. The molecule has 6 heteroatoms. The molecule has 5 nitrogen and oxygen atoms in total. The molecule has 0 aliphatic heterocycles. The fraction of sp³-hybridized carbons (Fsp3) is 0.273. The van der Waals surface area contributed by atoms with E-state index < -0.39 is 18.0 Å². The summed E-state index contributed by atoms with van der Waals surface area (Å²) >= 11 is 3.17. The Hall–Kier alpha value is -1.56. The van der Waals surface area contributed by atoms with E-state index in [1.165, 1.54) is 20.1 Å². The van der Waals surface area contributed by atoms with E-state index in [0.717, 1.165) is 0 Å². The molecule has 1 rings (SSSR count). The van der Waals surface area contributed by atoms with Crippen molar-refractivity contribution in [2.75, 3.05) is 7.11 Å². The number of benzene rings is 1. The topological polar surface area (TPSA) is 72.8 Å². The van der Waals surface area contributed by atoms with Gasteiger partial charge in [-0.3, -0.25) is 0 Å². The van der Waals surface area contributed by atoms with E-state index in [4.69, 9.17) is 9.84 Å². The van der Waals surface area contributed by atoms with Gasteiger partial charge < -0.3 is 14.6 Å². The first-order chi connectivity index (χ1) is 7.97. The summed E-state index contributed by atoms with van der Waals surface area (Å²) in [6.45, 7) is 1.48. The normalized spacial score (nSPS) is 11.7. The predicted octanol–water partition coefficient (Wildman–Crippen LogP) is 2.09. The lowest BCUT2D eigenvalue weighted by atomic mass is 10.2. The number of carboxylic acids is 1. The zero-order valence-corrected chi connectivity index (χ0v) is 10.9. The van der Waals surface area contributed by atoms with Crippen LogP contribution in [0.1, 0.15) is 17.3 Å². The van der Waals surface area contributed by atoms with Gasteiger partial charge >= 0.3 is 11.9 Å². The summed E-state index contributed by atoms with van der Waals surface area (Å²) in [5.74, 6) is -1.59. The van der Waals surface area contributed by atoms with Crippen molar-refractivity contribution in [1.29, 1.82) is 0 Å². The average molecular weight is 303 g/mol. The molecule has 1 aromatic rings. The maximum atomic E-state index is 11.2. The van der Waals surface area contributed by atoms with Gasteiger partial charge in [0.2, 0.25) is 0 Å². The number of para-hydroxylation sites is 1. The van der Waals surface area contributed by atoms with Crippen molar-refractivity contribution in [3.05, 3.63) is 28.2 Å². The van der Waals surface area contributed by atoms with E-state index >= 15 is 0 Å². The monoisotopic (exact) mass is 302 g/mol. The molecule has 1 unspecified atom stereocenters. The molecule has 92 valence electrons. The van der Waals surface area contributed by atoms with Crippen molar-refractivity contribution >= 4 is 27.9 Å². The molecule has 0 aliphatic carbocycles. The number of aromatic carboxylic acids is 1. The summed E-state index contributed by atoms with van der Waals surface area (Å²) in [6.07, 6.45) is -0.878. The first-order valence-corrected chi connectivity index (χ1v) is 5.53. The molecule has 0 aliphatic rings. The molecule has 0 saturated heterocycles. The maximum absolute atomic E-state index is 11.2. The summed E-state index contributed by atoms with van der Waals surface area (Å²) in [5.41, 5.74) is -0.0184. The van der Waals surface area contributed by atoms with Crippen LogP contribution in [-0.4, -0.2) is 30.3 Å². The SMILES string of the molecule is COC(=O)C(C)Oc1c(Br)cccc1C(=O)O. The zero-order valence-electron chi connectivity index (χ0n) is 9.27. The molecular formula is C11H11BrO5. The summed E-state index contributed by atoms with van der Waals surface area (Å²) in [4.78, 5) is 22.2. The van der Waals surface area contributed by atoms with Crippen molar-refractivity contribution in [1.82, 2.24) is 0 Å². The second-order valence-electron chi connectivity index (χ2n) is 3.20.